The van der Waals surface area contributed by atoms with Crippen LogP contribution < -0.4 is 5.32 Å². The van der Waals surface area contributed by atoms with Gasteiger partial charge in [0.1, 0.15) is 0 Å². The van der Waals surface area contributed by atoms with Crippen molar-refractivity contribution in [3.8, 4) is 0 Å². The van der Waals surface area contributed by atoms with Crippen molar-refractivity contribution in [1.82, 2.24) is 10.2 Å². The van der Waals surface area contributed by atoms with E-state index in [0.29, 0.717) is 25.4 Å². The molecule has 1 rings (SSSR count). The highest BCUT2D eigenvalue weighted by Crippen LogP contribution is 2.27. The van der Waals surface area contributed by atoms with Crippen LogP contribution in [-0.4, -0.2) is 29.9 Å². The Morgan fingerprint density at radius 2 is 2.00 bits per heavy atom. The SMILES string of the molecule is CC(C)C(C)(C)CN1CCC(=O)NC1=O. The molecule has 0 saturated carbocycles. The summed E-state index contributed by atoms with van der Waals surface area (Å²) in [6, 6.07) is -0.250. The van der Waals surface area contributed by atoms with E-state index in [9.17, 15) is 9.59 Å². The molecule has 0 radical (unpaired) electrons. The fourth-order valence-corrected chi connectivity index (χ4v) is 1.42. The average Bonchev–Trinajstić information content (AvgIpc) is 2.09. The smallest absolute Gasteiger partial charge is 0.323 e. The summed E-state index contributed by atoms with van der Waals surface area (Å²) < 4.78 is 0. The Bertz CT molecular complexity index is 272. The number of nitrogens with one attached hydrogen (secondary N) is 1. The number of imide groups is 1. The van der Waals surface area contributed by atoms with E-state index in [1.54, 1.807) is 4.90 Å². The van der Waals surface area contributed by atoms with Crippen molar-refractivity contribution in [2.45, 2.75) is 34.1 Å². The van der Waals surface area contributed by atoms with Gasteiger partial charge in [-0.3, -0.25) is 10.1 Å². The Morgan fingerprint density at radius 3 is 2.47 bits per heavy atom. The number of hydrogen-bond acceptors (Lipinski definition) is 2. The lowest BCUT2D eigenvalue weighted by molar-refractivity contribution is -0.121. The van der Waals surface area contributed by atoms with E-state index in [4.69, 9.17) is 0 Å². The molecule has 0 aliphatic carbocycles. The predicted molar refractivity (Wildman–Crippen MR) is 58.3 cm³/mol. The zero-order valence-corrected chi connectivity index (χ0v) is 9.96. The third kappa shape index (κ3) is 2.94. The third-order valence-corrected chi connectivity index (χ3v) is 3.30. The highest BCUT2D eigenvalue weighted by molar-refractivity contribution is 5.96. The lowest BCUT2D eigenvalue weighted by atomic mass is 9.80. The number of carbonyl (C=O) groups excluding carboxylic acids is 2. The molecule has 3 amide bonds. The van der Waals surface area contributed by atoms with Gasteiger partial charge in [0.25, 0.3) is 0 Å². The van der Waals surface area contributed by atoms with Crippen LogP contribution in [0.2, 0.25) is 0 Å². The van der Waals surface area contributed by atoms with Gasteiger partial charge in [-0.15, -0.1) is 0 Å². The zero-order chi connectivity index (χ0) is 11.6. The normalized spacial score (nSPS) is 18.3. The van der Waals surface area contributed by atoms with Gasteiger partial charge < -0.3 is 4.90 Å². The van der Waals surface area contributed by atoms with Gasteiger partial charge in [0.2, 0.25) is 5.91 Å². The Hall–Kier alpha value is -1.06. The van der Waals surface area contributed by atoms with Gasteiger partial charge in [0, 0.05) is 19.5 Å². The zero-order valence-electron chi connectivity index (χ0n) is 9.96. The molecule has 86 valence electrons. The lowest BCUT2D eigenvalue weighted by Gasteiger charge is -2.37. The minimum Gasteiger partial charge on any atom is -0.323 e. The average molecular weight is 212 g/mol. The van der Waals surface area contributed by atoms with Gasteiger partial charge in [-0.1, -0.05) is 27.7 Å². The Balaban J connectivity index is 2.59. The molecule has 4 heteroatoms. The Morgan fingerprint density at radius 1 is 1.40 bits per heavy atom. The van der Waals surface area contributed by atoms with Crippen LogP contribution in [0.1, 0.15) is 34.1 Å². The molecule has 1 fully saturated rings. The highest BCUT2D eigenvalue weighted by atomic mass is 16.2. The molecule has 0 aromatic carbocycles. The molecule has 1 saturated heterocycles. The summed E-state index contributed by atoms with van der Waals surface area (Å²) in [5, 5.41) is 2.34. The van der Waals surface area contributed by atoms with E-state index in [1.165, 1.54) is 0 Å². The molecule has 0 unspecified atom stereocenters. The monoisotopic (exact) mass is 212 g/mol. The number of urea groups is 1. The molecule has 0 aromatic heterocycles. The minimum atomic E-state index is -0.250. The highest BCUT2D eigenvalue weighted by Gasteiger charge is 2.30. The van der Waals surface area contributed by atoms with E-state index >= 15 is 0 Å². The fourth-order valence-electron chi connectivity index (χ4n) is 1.42. The van der Waals surface area contributed by atoms with E-state index < -0.39 is 0 Å². The minimum absolute atomic E-state index is 0.0811. The van der Waals surface area contributed by atoms with E-state index in [2.05, 4.69) is 33.0 Å². The quantitative estimate of drug-likeness (QED) is 0.772. The number of nitrogens with zero attached hydrogens (tertiary/aromatic N) is 1. The van der Waals surface area contributed by atoms with Gasteiger partial charge in [0.15, 0.2) is 0 Å². The van der Waals surface area contributed by atoms with Crippen LogP contribution in [0.25, 0.3) is 0 Å². The lowest BCUT2D eigenvalue weighted by Crippen LogP contribution is -2.52. The molecule has 0 bridgehead atoms. The van der Waals surface area contributed by atoms with Crippen LogP contribution in [0.5, 0.6) is 0 Å². The van der Waals surface area contributed by atoms with Crippen molar-refractivity contribution in [1.29, 1.82) is 0 Å². The molecule has 1 aliphatic heterocycles. The molecule has 0 atom stereocenters. The summed E-state index contributed by atoms with van der Waals surface area (Å²) in [5.74, 6) is 0.335. The molecule has 15 heavy (non-hydrogen) atoms. The number of amides is 3. The number of carbonyl (C=O) groups is 2. The first-order valence-corrected chi connectivity index (χ1v) is 5.41. The van der Waals surface area contributed by atoms with Crippen molar-refractivity contribution < 1.29 is 9.59 Å². The summed E-state index contributed by atoms with van der Waals surface area (Å²) in [6.45, 7) is 9.81. The molecule has 0 spiro atoms. The topological polar surface area (TPSA) is 49.4 Å². The van der Waals surface area contributed by atoms with Gasteiger partial charge in [-0.2, -0.15) is 0 Å². The van der Waals surface area contributed by atoms with Gasteiger partial charge in [-0.05, 0) is 11.3 Å². The molecular formula is C11H20N2O2. The second-order valence-electron chi connectivity index (χ2n) is 5.17. The van der Waals surface area contributed by atoms with Crippen LogP contribution in [-0.2, 0) is 4.79 Å². The summed E-state index contributed by atoms with van der Waals surface area (Å²) in [6.07, 6.45) is 0.417. The van der Waals surface area contributed by atoms with Crippen LogP contribution in [0.3, 0.4) is 0 Å². The van der Waals surface area contributed by atoms with Gasteiger partial charge >= 0.3 is 6.03 Å². The maximum atomic E-state index is 11.5. The van der Waals surface area contributed by atoms with Gasteiger partial charge in [-0.25, -0.2) is 4.79 Å². The van der Waals surface area contributed by atoms with E-state index in [0.717, 1.165) is 0 Å². The standard InChI is InChI=1S/C11H20N2O2/c1-8(2)11(3,4)7-13-6-5-9(14)12-10(13)15/h8H,5-7H2,1-4H3,(H,12,14,15). The van der Waals surface area contributed by atoms with Crippen LogP contribution in [0.4, 0.5) is 4.79 Å². The first kappa shape index (κ1) is 12.0. The fraction of sp³-hybridized carbons (Fsp3) is 0.818. The summed E-state index contributed by atoms with van der Waals surface area (Å²) >= 11 is 0. The largest absolute Gasteiger partial charge is 0.324 e. The molecular weight excluding hydrogens is 192 g/mol. The van der Waals surface area contributed by atoms with Crippen molar-refractivity contribution >= 4 is 11.9 Å². The summed E-state index contributed by atoms with van der Waals surface area (Å²) in [5.41, 5.74) is 0.0811. The van der Waals surface area contributed by atoms with Crippen molar-refractivity contribution in [3.63, 3.8) is 0 Å². The van der Waals surface area contributed by atoms with Crippen LogP contribution in [0.15, 0.2) is 0 Å². The second-order valence-corrected chi connectivity index (χ2v) is 5.17. The number of hydrogen-bond donors (Lipinski definition) is 1. The van der Waals surface area contributed by atoms with E-state index in [-0.39, 0.29) is 17.4 Å². The summed E-state index contributed by atoms with van der Waals surface area (Å²) in [7, 11) is 0. The maximum absolute atomic E-state index is 11.5. The van der Waals surface area contributed by atoms with Crippen molar-refractivity contribution in [2.75, 3.05) is 13.1 Å². The number of rotatable bonds is 3. The first-order valence-electron chi connectivity index (χ1n) is 5.41. The Labute approximate surface area is 91.0 Å². The molecule has 0 aromatic rings. The third-order valence-electron chi connectivity index (χ3n) is 3.30. The summed E-state index contributed by atoms with van der Waals surface area (Å²) in [4.78, 5) is 24.2. The molecule has 1 N–H and O–H groups in total. The molecule has 1 aliphatic rings. The van der Waals surface area contributed by atoms with E-state index in [1.807, 2.05) is 0 Å². The van der Waals surface area contributed by atoms with Crippen molar-refractivity contribution in [3.05, 3.63) is 0 Å². The van der Waals surface area contributed by atoms with Gasteiger partial charge in [0.05, 0.1) is 0 Å². The molecule has 1 heterocycles. The van der Waals surface area contributed by atoms with Crippen molar-refractivity contribution in [2.24, 2.45) is 11.3 Å². The molecule has 4 nitrogen and oxygen atoms in total. The first-order chi connectivity index (χ1) is 6.83. The Kier molecular flexibility index (Phi) is 3.37. The van der Waals surface area contributed by atoms with Crippen LogP contribution in [0, 0.1) is 11.3 Å². The maximum Gasteiger partial charge on any atom is 0.324 e. The van der Waals surface area contributed by atoms with Crippen LogP contribution >= 0.6 is 0 Å². The predicted octanol–water partition coefficient (Wildman–Crippen LogP) is 1.61. The second kappa shape index (κ2) is 4.21.